The third-order valence-electron chi connectivity index (χ3n) is 5.01. The van der Waals surface area contributed by atoms with Crippen LogP contribution in [0.25, 0.3) is 0 Å². The molecule has 0 aromatic heterocycles. The Kier molecular flexibility index (Phi) is 9.25. The normalized spacial score (nSPS) is 15.6. The molecule has 1 heterocycles. The lowest BCUT2D eigenvalue weighted by Gasteiger charge is -2.28. The number of ether oxygens (including phenoxy) is 1. The fourth-order valence-electron chi connectivity index (χ4n) is 3.31. The van der Waals surface area contributed by atoms with Crippen LogP contribution in [-0.2, 0) is 22.3 Å². The van der Waals surface area contributed by atoms with Gasteiger partial charge in [-0.15, -0.1) is 0 Å². The SMILES string of the molecule is CCCCCC(=O)N(CCCN1CCOCC1)Cc1ccc(C(F)(F)F)cc1. The Labute approximate surface area is 165 Å². The van der Waals surface area contributed by atoms with Gasteiger partial charge in [-0.3, -0.25) is 9.69 Å². The molecular formula is C21H31F3N2O2. The Morgan fingerprint density at radius 3 is 2.39 bits per heavy atom. The number of unbranched alkanes of at least 4 members (excludes halogenated alkanes) is 2. The van der Waals surface area contributed by atoms with E-state index in [4.69, 9.17) is 4.74 Å². The van der Waals surface area contributed by atoms with Gasteiger partial charge in [0.2, 0.25) is 5.91 Å². The quantitative estimate of drug-likeness (QED) is 0.548. The van der Waals surface area contributed by atoms with Crippen LogP contribution in [0, 0.1) is 0 Å². The third kappa shape index (κ3) is 7.80. The van der Waals surface area contributed by atoms with Gasteiger partial charge in [0.15, 0.2) is 0 Å². The molecule has 1 aromatic carbocycles. The van der Waals surface area contributed by atoms with Gasteiger partial charge >= 0.3 is 6.18 Å². The summed E-state index contributed by atoms with van der Waals surface area (Å²) < 4.78 is 43.6. The summed E-state index contributed by atoms with van der Waals surface area (Å²) in [6, 6.07) is 5.11. The number of benzene rings is 1. The Bertz CT molecular complexity index is 584. The largest absolute Gasteiger partial charge is 0.416 e. The van der Waals surface area contributed by atoms with E-state index in [-0.39, 0.29) is 5.91 Å². The van der Waals surface area contributed by atoms with Crippen LogP contribution in [0.4, 0.5) is 13.2 Å². The Morgan fingerprint density at radius 2 is 1.79 bits per heavy atom. The topological polar surface area (TPSA) is 32.8 Å². The molecule has 1 amide bonds. The monoisotopic (exact) mass is 400 g/mol. The van der Waals surface area contributed by atoms with Crippen LogP contribution < -0.4 is 0 Å². The molecule has 1 saturated heterocycles. The van der Waals surface area contributed by atoms with Crippen LogP contribution in [0.2, 0.25) is 0 Å². The second-order valence-electron chi connectivity index (χ2n) is 7.27. The van der Waals surface area contributed by atoms with Gasteiger partial charge in [-0.1, -0.05) is 31.9 Å². The molecule has 7 heteroatoms. The van der Waals surface area contributed by atoms with E-state index in [1.54, 1.807) is 4.90 Å². The molecule has 0 N–H and O–H groups in total. The van der Waals surface area contributed by atoms with E-state index in [1.165, 1.54) is 12.1 Å². The number of alkyl halides is 3. The van der Waals surface area contributed by atoms with Gasteiger partial charge in [0, 0.05) is 39.1 Å². The zero-order chi connectivity index (χ0) is 20.4. The third-order valence-corrected chi connectivity index (χ3v) is 5.01. The summed E-state index contributed by atoms with van der Waals surface area (Å²) in [5, 5.41) is 0. The summed E-state index contributed by atoms with van der Waals surface area (Å²) in [4.78, 5) is 16.8. The highest BCUT2D eigenvalue weighted by molar-refractivity contribution is 5.76. The lowest BCUT2D eigenvalue weighted by Crippen LogP contribution is -2.39. The van der Waals surface area contributed by atoms with Crippen molar-refractivity contribution in [1.82, 2.24) is 9.80 Å². The van der Waals surface area contributed by atoms with E-state index in [2.05, 4.69) is 11.8 Å². The number of morpholine rings is 1. The van der Waals surface area contributed by atoms with Crippen molar-refractivity contribution >= 4 is 5.91 Å². The van der Waals surface area contributed by atoms with Crippen LogP contribution in [-0.4, -0.2) is 55.1 Å². The second kappa shape index (κ2) is 11.4. The Balaban J connectivity index is 1.93. The first-order valence-electron chi connectivity index (χ1n) is 10.1. The van der Waals surface area contributed by atoms with Gasteiger partial charge in [0.25, 0.3) is 0 Å². The summed E-state index contributed by atoms with van der Waals surface area (Å²) in [6.45, 7) is 7.25. The van der Waals surface area contributed by atoms with Crippen LogP contribution in [0.5, 0.6) is 0 Å². The number of hydrogen-bond donors (Lipinski definition) is 0. The minimum absolute atomic E-state index is 0.0790. The van der Waals surface area contributed by atoms with E-state index in [0.717, 1.165) is 76.2 Å². The molecule has 0 atom stereocenters. The van der Waals surface area contributed by atoms with Crippen LogP contribution >= 0.6 is 0 Å². The van der Waals surface area contributed by atoms with Crippen LogP contribution in [0.15, 0.2) is 24.3 Å². The Hall–Kier alpha value is -1.60. The molecule has 0 unspecified atom stereocenters. The Morgan fingerprint density at radius 1 is 1.11 bits per heavy atom. The summed E-state index contributed by atoms with van der Waals surface area (Å²) >= 11 is 0. The number of rotatable bonds is 10. The zero-order valence-electron chi connectivity index (χ0n) is 16.6. The summed E-state index contributed by atoms with van der Waals surface area (Å²) in [7, 11) is 0. The lowest BCUT2D eigenvalue weighted by molar-refractivity contribution is -0.137. The molecule has 158 valence electrons. The predicted molar refractivity (Wildman–Crippen MR) is 103 cm³/mol. The van der Waals surface area contributed by atoms with Gasteiger partial charge in [-0.05, 0) is 30.5 Å². The van der Waals surface area contributed by atoms with Gasteiger partial charge in [-0.2, -0.15) is 13.2 Å². The molecule has 28 heavy (non-hydrogen) atoms. The fraction of sp³-hybridized carbons (Fsp3) is 0.667. The maximum atomic E-state index is 12.7. The van der Waals surface area contributed by atoms with Crippen LogP contribution in [0.1, 0.15) is 50.2 Å². The minimum atomic E-state index is -4.34. The molecule has 1 aromatic rings. The van der Waals surface area contributed by atoms with E-state index < -0.39 is 11.7 Å². The number of hydrogen-bond acceptors (Lipinski definition) is 3. The van der Waals surface area contributed by atoms with Crippen molar-refractivity contribution in [1.29, 1.82) is 0 Å². The molecule has 0 bridgehead atoms. The molecular weight excluding hydrogens is 369 g/mol. The first-order valence-corrected chi connectivity index (χ1v) is 10.1. The standard InChI is InChI=1S/C21H31F3N2O2/c1-2-3-4-6-20(27)26(12-5-11-25-13-15-28-16-14-25)17-18-7-9-19(10-8-18)21(22,23)24/h7-10H,2-6,11-17H2,1H3. The van der Waals surface area contributed by atoms with Gasteiger partial charge < -0.3 is 9.64 Å². The highest BCUT2D eigenvalue weighted by Gasteiger charge is 2.30. The molecule has 2 rings (SSSR count). The van der Waals surface area contributed by atoms with Crippen LogP contribution in [0.3, 0.4) is 0 Å². The zero-order valence-corrected chi connectivity index (χ0v) is 16.6. The highest BCUT2D eigenvalue weighted by atomic mass is 19.4. The smallest absolute Gasteiger partial charge is 0.379 e. The van der Waals surface area contributed by atoms with Gasteiger partial charge in [0.1, 0.15) is 0 Å². The van der Waals surface area contributed by atoms with E-state index >= 15 is 0 Å². The molecule has 1 aliphatic rings. The average Bonchev–Trinajstić information content (AvgIpc) is 2.68. The summed E-state index contributed by atoms with van der Waals surface area (Å²) in [5.41, 5.74) is 0.0626. The molecule has 1 fully saturated rings. The van der Waals surface area contributed by atoms with E-state index in [0.29, 0.717) is 19.5 Å². The van der Waals surface area contributed by atoms with E-state index in [9.17, 15) is 18.0 Å². The minimum Gasteiger partial charge on any atom is -0.379 e. The summed E-state index contributed by atoms with van der Waals surface area (Å²) in [6.07, 6.45) is -0.0995. The fourth-order valence-corrected chi connectivity index (χ4v) is 3.31. The van der Waals surface area contributed by atoms with E-state index in [1.807, 2.05) is 0 Å². The maximum Gasteiger partial charge on any atom is 0.416 e. The predicted octanol–water partition coefficient (Wildman–Crippen LogP) is 4.34. The van der Waals surface area contributed by atoms with Crippen molar-refractivity contribution in [2.75, 3.05) is 39.4 Å². The molecule has 0 radical (unpaired) electrons. The molecule has 0 saturated carbocycles. The molecule has 0 spiro atoms. The highest BCUT2D eigenvalue weighted by Crippen LogP contribution is 2.29. The average molecular weight is 400 g/mol. The summed E-state index contributed by atoms with van der Waals surface area (Å²) in [5.74, 6) is 0.0790. The maximum absolute atomic E-state index is 12.7. The van der Waals surface area contributed by atoms with Crippen molar-refractivity contribution in [3.05, 3.63) is 35.4 Å². The number of carbonyl (C=O) groups excluding carboxylic acids is 1. The lowest BCUT2D eigenvalue weighted by atomic mass is 10.1. The van der Waals surface area contributed by atoms with Crippen molar-refractivity contribution < 1.29 is 22.7 Å². The molecule has 1 aliphatic heterocycles. The van der Waals surface area contributed by atoms with Gasteiger partial charge in [0.05, 0.1) is 18.8 Å². The number of halogens is 3. The first kappa shape index (κ1) is 22.7. The number of nitrogens with zero attached hydrogens (tertiary/aromatic N) is 2. The van der Waals surface area contributed by atoms with Crippen molar-refractivity contribution in [2.24, 2.45) is 0 Å². The van der Waals surface area contributed by atoms with Gasteiger partial charge in [-0.25, -0.2) is 0 Å². The first-order chi connectivity index (χ1) is 13.4. The molecule has 4 nitrogen and oxygen atoms in total. The van der Waals surface area contributed by atoms with Crippen molar-refractivity contribution in [3.8, 4) is 0 Å². The molecule has 0 aliphatic carbocycles. The number of carbonyl (C=O) groups is 1. The van der Waals surface area contributed by atoms with Crippen molar-refractivity contribution in [3.63, 3.8) is 0 Å². The second-order valence-corrected chi connectivity index (χ2v) is 7.27. The number of amides is 1. The van der Waals surface area contributed by atoms with Crippen molar-refractivity contribution in [2.45, 2.75) is 51.7 Å².